The lowest BCUT2D eigenvalue weighted by Crippen LogP contribution is -2.27. The maximum Gasteiger partial charge on any atom is 0.251 e. The van der Waals surface area contributed by atoms with Gasteiger partial charge in [0.25, 0.3) is 5.91 Å². The fraction of sp³-hybridized carbons (Fsp3) is 0.600. The minimum Gasteiger partial charge on any atom is -0.395 e. The van der Waals surface area contributed by atoms with E-state index in [1.54, 1.807) is 12.1 Å². The predicted octanol–water partition coefficient (Wildman–Crippen LogP) is 1.35. The van der Waals surface area contributed by atoms with Crippen LogP contribution in [0, 0.1) is 0 Å². The molecule has 12 heteroatoms. The summed E-state index contributed by atoms with van der Waals surface area (Å²) in [5.41, 5.74) is 6.90. The van der Waals surface area contributed by atoms with Crippen molar-refractivity contribution in [1.82, 2.24) is 20.3 Å². The molecule has 0 radical (unpaired) electrons. The molecule has 37 heavy (non-hydrogen) atoms. The van der Waals surface area contributed by atoms with E-state index in [0.29, 0.717) is 82.1 Å². The van der Waals surface area contributed by atoms with Crippen molar-refractivity contribution in [3.05, 3.63) is 35.4 Å². The molecule has 0 saturated heterocycles. The summed E-state index contributed by atoms with van der Waals surface area (Å²) >= 11 is 0. The van der Waals surface area contributed by atoms with E-state index in [1.807, 2.05) is 12.1 Å². The third kappa shape index (κ3) is 10.8. The molecule has 7 N–H and O–H groups in total. The van der Waals surface area contributed by atoms with E-state index in [2.05, 4.69) is 36.2 Å². The summed E-state index contributed by atoms with van der Waals surface area (Å²) in [7, 11) is 0. The molecule has 204 valence electrons. The summed E-state index contributed by atoms with van der Waals surface area (Å²) in [6.07, 6.45) is 5.88. The van der Waals surface area contributed by atoms with Gasteiger partial charge in [0.15, 0.2) is 0 Å². The zero-order valence-electron chi connectivity index (χ0n) is 21.4. The number of anilines is 3. The molecule has 1 heterocycles. The van der Waals surface area contributed by atoms with E-state index in [1.165, 1.54) is 19.3 Å². The van der Waals surface area contributed by atoms with Crippen LogP contribution in [-0.2, 0) is 16.0 Å². The Balaban J connectivity index is 1.46. The zero-order chi connectivity index (χ0) is 26.1. The lowest BCUT2D eigenvalue weighted by molar-refractivity contribution is 0.0511. The molecule has 0 aliphatic heterocycles. The second kappa shape index (κ2) is 16.6. The highest BCUT2D eigenvalue weighted by Crippen LogP contribution is 2.21. The monoisotopic (exact) mass is 516 g/mol. The fourth-order valence-corrected chi connectivity index (χ4v) is 3.89. The van der Waals surface area contributed by atoms with Crippen molar-refractivity contribution >= 4 is 23.8 Å². The van der Waals surface area contributed by atoms with Crippen molar-refractivity contribution in [3.63, 3.8) is 0 Å². The van der Waals surface area contributed by atoms with E-state index in [4.69, 9.17) is 20.3 Å². The third-order valence-electron chi connectivity index (χ3n) is 5.80. The standard InChI is InChI=1S/C25H40N8O4/c26-10-14-36-16-17-37-15-12-27-22(35)20-8-6-19(7-9-20)18-29-24-31-23(28-11-13-34)32-25(33-24)30-21-4-2-1-3-5-21/h6-9,21,34H,1-5,10-18,26H2,(H,27,35)(H3,28,29,30,31,32,33). The summed E-state index contributed by atoms with van der Waals surface area (Å²) in [5, 5.41) is 21.6. The topological polar surface area (TPSA) is 169 Å². The Bertz CT molecular complexity index is 925. The number of carbonyl (C=O) groups excluding carboxylic acids is 1. The van der Waals surface area contributed by atoms with Gasteiger partial charge >= 0.3 is 0 Å². The van der Waals surface area contributed by atoms with Crippen molar-refractivity contribution in [2.45, 2.75) is 44.7 Å². The lowest BCUT2D eigenvalue weighted by Gasteiger charge is -2.23. The van der Waals surface area contributed by atoms with E-state index in [-0.39, 0.29) is 12.5 Å². The van der Waals surface area contributed by atoms with Crippen LogP contribution in [0.15, 0.2) is 24.3 Å². The number of nitrogens with one attached hydrogen (secondary N) is 4. The molecule has 0 bridgehead atoms. The van der Waals surface area contributed by atoms with Crippen LogP contribution < -0.4 is 27.0 Å². The van der Waals surface area contributed by atoms with Crippen molar-refractivity contribution in [3.8, 4) is 0 Å². The summed E-state index contributed by atoms with van der Waals surface area (Å²) < 4.78 is 10.6. The highest BCUT2D eigenvalue weighted by molar-refractivity contribution is 5.94. The normalized spacial score (nSPS) is 13.8. The van der Waals surface area contributed by atoms with Gasteiger partial charge < -0.3 is 41.6 Å². The van der Waals surface area contributed by atoms with Crippen LogP contribution in [-0.4, -0.2) is 84.7 Å². The van der Waals surface area contributed by atoms with Crippen LogP contribution in [0.2, 0.25) is 0 Å². The van der Waals surface area contributed by atoms with Gasteiger partial charge in [0.05, 0.1) is 33.0 Å². The predicted molar refractivity (Wildman–Crippen MR) is 143 cm³/mol. The van der Waals surface area contributed by atoms with Crippen LogP contribution >= 0.6 is 0 Å². The average Bonchev–Trinajstić information content (AvgIpc) is 2.93. The van der Waals surface area contributed by atoms with Gasteiger partial charge in [-0.1, -0.05) is 31.4 Å². The van der Waals surface area contributed by atoms with Crippen LogP contribution in [0.3, 0.4) is 0 Å². The van der Waals surface area contributed by atoms with Crippen molar-refractivity contribution in [2.24, 2.45) is 5.73 Å². The molecule has 3 rings (SSSR count). The molecule has 1 saturated carbocycles. The van der Waals surface area contributed by atoms with E-state index >= 15 is 0 Å². The smallest absolute Gasteiger partial charge is 0.251 e. The van der Waals surface area contributed by atoms with Gasteiger partial charge in [0.2, 0.25) is 17.8 Å². The number of amides is 1. The number of hydrogen-bond acceptors (Lipinski definition) is 11. The number of hydrogen-bond donors (Lipinski definition) is 6. The highest BCUT2D eigenvalue weighted by atomic mass is 16.5. The van der Waals surface area contributed by atoms with Gasteiger partial charge in [-0.3, -0.25) is 4.79 Å². The van der Waals surface area contributed by atoms with Gasteiger partial charge in [-0.2, -0.15) is 15.0 Å². The molecule has 0 unspecified atom stereocenters. The van der Waals surface area contributed by atoms with Gasteiger partial charge in [-0.15, -0.1) is 0 Å². The lowest BCUT2D eigenvalue weighted by atomic mass is 9.96. The fourth-order valence-electron chi connectivity index (χ4n) is 3.89. The molecular formula is C25H40N8O4. The molecule has 1 aliphatic rings. The summed E-state index contributed by atoms with van der Waals surface area (Å²) in [5.74, 6) is 1.20. The van der Waals surface area contributed by atoms with Crippen molar-refractivity contribution in [2.75, 3.05) is 68.6 Å². The van der Waals surface area contributed by atoms with E-state index < -0.39 is 0 Å². The first-order valence-electron chi connectivity index (χ1n) is 13.0. The van der Waals surface area contributed by atoms with Gasteiger partial charge in [0.1, 0.15) is 0 Å². The maximum atomic E-state index is 12.4. The Morgan fingerprint density at radius 2 is 1.57 bits per heavy atom. The first kappa shape index (κ1) is 28.5. The minimum absolute atomic E-state index is 0.0169. The van der Waals surface area contributed by atoms with Gasteiger partial charge in [-0.25, -0.2) is 0 Å². The van der Waals surface area contributed by atoms with Crippen molar-refractivity contribution in [1.29, 1.82) is 0 Å². The van der Waals surface area contributed by atoms with Gasteiger partial charge in [-0.05, 0) is 30.5 Å². The zero-order valence-corrected chi connectivity index (χ0v) is 21.4. The Kier molecular flexibility index (Phi) is 12.8. The largest absolute Gasteiger partial charge is 0.395 e. The third-order valence-corrected chi connectivity index (χ3v) is 5.80. The van der Waals surface area contributed by atoms with Crippen molar-refractivity contribution < 1.29 is 19.4 Å². The SMILES string of the molecule is NCCOCCOCCNC(=O)c1ccc(CNc2nc(NCCO)nc(NC3CCCCC3)n2)cc1. The number of aliphatic hydroxyl groups is 1. The first-order chi connectivity index (χ1) is 18.2. The maximum absolute atomic E-state index is 12.4. The second-order valence-electron chi connectivity index (χ2n) is 8.76. The van der Waals surface area contributed by atoms with E-state index in [9.17, 15) is 4.79 Å². The Morgan fingerprint density at radius 3 is 2.27 bits per heavy atom. The number of nitrogens with zero attached hydrogens (tertiary/aromatic N) is 3. The number of ether oxygens (including phenoxy) is 2. The number of aromatic nitrogens is 3. The Morgan fingerprint density at radius 1 is 0.892 bits per heavy atom. The molecular weight excluding hydrogens is 476 g/mol. The molecule has 1 amide bonds. The summed E-state index contributed by atoms with van der Waals surface area (Å²) in [6, 6.07) is 7.70. The molecule has 12 nitrogen and oxygen atoms in total. The van der Waals surface area contributed by atoms with Crippen LogP contribution in [0.5, 0.6) is 0 Å². The Labute approximate surface area is 218 Å². The minimum atomic E-state index is -0.155. The van der Waals surface area contributed by atoms with Gasteiger partial charge in [0, 0.05) is 37.8 Å². The number of nitrogens with two attached hydrogens (primary N) is 1. The summed E-state index contributed by atoms with van der Waals surface area (Å²) in [4.78, 5) is 25.7. The molecule has 2 aromatic rings. The van der Waals surface area contributed by atoms with Crippen LogP contribution in [0.4, 0.5) is 17.8 Å². The Hall–Kier alpha value is -3.06. The summed E-state index contributed by atoms with van der Waals surface area (Å²) in [6.45, 7) is 3.62. The highest BCUT2D eigenvalue weighted by Gasteiger charge is 2.15. The number of benzene rings is 1. The first-order valence-corrected chi connectivity index (χ1v) is 13.0. The molecule has 0 atom stereocenters. The molecule has 1 aromatic heterocycles. The average molecular weight is 517 g/mol. The number of aliphatic hydroxyl groups excluding tert-OH is 1. The van der Waals surface area contributed by atoms with E-state index in [0.717, 1.165) is 18.4 Å². The molecule has 1 aliphatic carbocycles. The second-order valence-corrected chi connectivity index (χ2v) is 8.76. The molecule has 0 spiro atoms. The quantitative estimate of drug-likeness (QED) is 0.168. The number of rotatable bonds is 17. The van der Waals surface area contributed by atoms with Crippen LogP contribution in [0.1, 0.15) is 48.0 Å². The molecule has 1 aromatic carbocycles. The molecule has 1 fully saturated rings. The van der Waals surface area contributed by atoms with Crippen LogP contribution in [0.25, 0.3) is 0 Å². The number of carbonyl (C=O) groups is 1.